The predicted octanol–water partition coefficient (Wildman–Crippen LogP) is 3.45. The summed E-state index contributed by atoms with van der Waals surface area (Å²) in [7, 11) is 0. The molecule has 0 saturated carbocycles. The molecule has 0 spiro atoms. The van der Waals surface area contributed by atoms with E-state index in [4.69, 9.17) is 21.4 Å². The highest BCUT2D eigenvalue weighted by atomic mass is 35.5. The van der Waals surface area contributed by atoms with Crippen LogP contribution in [0.3, 0.4) is 0 Å². The summed E-state index contributed by atoms with van der Waals surface area (Å²) < 4.78 is 33.9. The molecule has 1 aliphatic rings. The van der Waals surface area contributed by atoms with Crippen molar-refractivity contribution in [3.63, 3.8) is 0 Å². The third-order valence-electron chi connectivity index (χ3n) is 5.61. The summed E-state index contributed by atoms with van der Waals surface area (Å²) >= 11 is 6.16. The Kier molecular flexibility index (Phi) is 6.14. The van der Waals surface area contributed by atoms with Gasteiger partial charge in [-0.05, 0) is 30.7 Å². The Morgan fingerprint density at radius 3 is 2.94 bits per heavy atom. The van der Waals surface area contributed by atoms with E-state index in [1.54, 1.807) is 29.2 Å². The van der Waals surface area contributed by atoms with Crippen LogP contribution in [0, 0.1) is 0 Å². The molecule has 1 aromatic carbocycles. The number of aliphatic carboxylic acids is 1. The van der Waals surface area contributed by atoms with Gasteiger partial charge in [-0.15, -0.1) is 0 Å². The first-order chi connectivity index (χ1) is 17.3. The molecule has 36 heavy (non-hydrogen) atoms. The van der Waals surface area contributed by atoms with Crippen LogP contribution < -0.4 is 10.1 Å². The van der Waals surface area contributed by atoms with E-state index in [9.17, 15) is 18.4 Å². The molecular weight excluding hydrogens is 500 g/mol. The number of nitrogens with zero attached hydrogens (tertiary/aromatic N) is 6. The summed E-state index contributed by atoms with van der Waals surface area (Å²) in [5.41, 5.74) is 1.70. The fourth-order valence-corrected chi connectivity index (χ4v) is 4.25. The first-order valence-electron chi connectivity index (χ1n) is 10.7. The number of halogens is 3. The molecule has 14 heteroatoms. The standard InChI is InChI=1S/C22H18ClF2N7O4/c23-12-2-3-17(36-22(24)25)13(8-12)19-15(28-14-9-27-31-6-1-5-26-20(14)31)10-32(29-19)16-4-7-30(21(16)35)11-18(33)34/h1-3,5-6,8-10,16,22,28H,4,7,11H2,(H,33,34). The lowest BCUT2D eigenvalue weighted by molar-refractivity contribution is -0.143. The SMILES string of the molecule is O=C(O)CN1CCC(n2cc(Nc3cnn4cccnc34)c(-c3cc(Cl)ccc3OC(F)F)n2)C1=O. The highest BCUT2D eigenvalue weighted by molar-refractivity contribution is 6.31. The Morgan fingerprint density at radius 1 is 1.33 bits per heavy atom. The zero-order valence-corrected chi connectivity index (χ0v) is 19.1. The number of anilines is 2. The van der Waals surface area contributed by atoms with Crippen molar-refractivity contribution in [3.8, 4) is 17.0 Å². The van der Waals surface area contributed by atoms with Crippen LogP contribution in [-0.4, -0.2) is 66.0 Å². The minimum Gasteiger partial charge on any atom is -0.480 e. The second-order valence-electron chi connectivity index (χ2n) is 7.92. The van der Waals surface area contributed by atoms with Crippen LogP contribution in [0.4, 0.5) is 20.2 Å². The van der Waals surface area contributed by atoms with Crippen molar-refractivity contribution in [2.75, 3.05) is 18.4 Å². The number of carboxylic acid groups (broad SMARTS) is 1. The number of nitrogens with one attached hydrogen (secondary N) is 1. The quantitative estimate of drug-likeness (QED) is 0.364. The zero-order chi connectivity index (χ0) is 25.4. The van der Waals surface area contributed by atoms with E-state index >= 15 is 0 Å². The Bertz CT molecular complexity index is 1460. The number of aromatic nitrogens is 5. The van der Waals surface area contributed by atoms with Crippen LogP contribution in [0.25, 0.3) is 16.9 Å². The van der Waals surface area contributed by atoms with Crippen molar-refractivity contribution in [2.45, 2.75) is 19.1 Å². The van der Waals surface area contributed by atoms with Crippen molar-refractivity contribution >= 4 is 40.5 Å². The lowest BCUT2D eigenvalue weighted by Gasteiger charge is -2.14. The van der Waals surface area contributed by atoms with Gasteiger partial charge in [-0.1, -0.05) is 11.6 Å². The molecule has 4 aromatic rings. The van der Waals surface area contributed by atoms with E-state index in [2.05, 4.69) is 20.5 Å². The van der Waals surface area contributed by atoms with E-state index in [1.165, 1.54) is 34.0 Å². The number of benzene rings is 1. The highest BCUT2D eigenvalue weighted by Gasteiger charge is 2.35. The number of ether oxygens (including phenoxy) is 1. The minimum atomic E-state index is -3.09. The molecule has 0 bridgehead atoms. The second-order valence-corrected chi connectivity index (χ2v) is 8.36. The largest absolute Gasteiger partial charge is 0.480 e. The van der Waals surface area contributed by atoms with Crippen LogP contribution in [0.1, 0.15) is 12.5 Å². The number of amides is 1. The number of fused-ring (bicyclic) bond motifs is 1. The van der Waals surface area contributed by atoms with Crippen molar-refractivity contribution in [2.24, 2.45) is 0 Å². The fourth-order valence-electron chi connectivity index (χ4n) is 4.08. The number of hydrogen-bond donors (Lipinski definition) is 2. The minimum absolute atomic E-state index is 0.161. The molecule has 1 unspecified atom stereocenters. The van der Waals surface area contributed by atoms with Crippen LogP contribution >= 0.6 is 11.6 Å². The van der Waals surface area contributed by atoms with E-state index < -0.39 is 31.1 Å². The smallest absolute Gasteiger partial charge is 0.387 e. The fraction of sp³-hybridized carbons (Fsp3) is 0.227. The van der Waals surface area contributed by atoms with Crippen LogP contribution in [0.15, 0.2) is 49.1 Å². The van der Waals surface area contributed by atoms with Gasteiger partial charge in [-0.3, -0.25) is 14.3 Å². The number of carboxylic acids is 1. The summed E-state index contributed by atoms with van der Waals surface area (Å²) in [6.07, 6.45) is 6.69. The first-order valence-corrected chi connectivity index (χ1v) is 11.1. The van der Waals surface area contributed by atoms with Gasteiger partial charge >= 0.3 is 12.6 Å². The molecule has 3 aromatic heterocycles. The molecule has 1 saturated heterocycles. The van der Waals surface area contributed by atoms with E-state index in [1.807, 2.05) is 0 Å². The number of likely N-dealkylation sites (tertiary alicyclic amines) is 1. The lowest BCUT2D eigenvalue weighted by Crippen LogP contribution is -2.33. The predicted molar refractivity (Wildman–Crippen MR) is 123 cm³/mol. The molecule has 186 valence electrons. The molecule has 1 aliphatic heterocycles. The number of carbonyl (C=O) groups excluding carboxylic acids is 1. The normalized spacial score (nSPS) is 15.7. The molecular formula is C22H18ClF2N7O4. The van der Waals surface area contributed by atoms with Crippen LogP contribution in [-0.2, 0) is 9.59 Å². The van der Waals surface area contributed by atoms with E-state index in [0.717, 1.165) is 0 Å². The molecule has 11 nitrogen and oxygen atoms in total. The molecule has 1 fully saturated rings. The molecule has 1 amide bonds. The van der Waals surface area contributed by atoms with Gasteiger partial charge in [0.2, 0.25) is 5.91 Å². The summed E-state index contributed by atoms with van der Waals surface area (Å²) in [6.45, 7) is -3.28. The monoisotopic (exact) mass is 517 g/mol. The molecule has 1 atom stereocenters. The van der Waals surface area contributed by atoms with E-state index in [-0.39, 0.29) is 28.6 Å². The van der Waals surface area contributed by atoms with Crippen molar-refractivity contribution < 1.29 is 28.2 Å². The van der Waals surface area contributed by atoms with Gasteiger partial charge in [0, 0.05) is 29.5 Å². The van der Waals surface area contributed by atoms with Gasteiger partial charge in [0.25, 0.3) is 0 Å². The van der Waals surface area contributed by atoms with Gasteiger partial charge in [0.1, 0.15) is 29.7 Å². The molecule has 2 N–H and O–H groups in total. The number of hydrogen-bond acceptors (Lipinski definition) is 7. The molecule has 4 heterocycles. The maximum atomic E-state index is 13.1. The number of alkyl halides is 2. The first kappa shape index (κ1) is 23.5. The van der Waals surface area contributed by atoms with Crippen LogP contribution in [0.2, 0.25) is 5.02 Å². The Labute approximate surface area is 206 Å². The Hall–Kier alpha value is -4.26. The Balaban J connectivity index is 1.59. The topological polar surface area (TPSA) is 127 Å². The summed E-state index contributed by atoms with van der Waals surface area (Å²) in [4.78, 5) is 29.5. The summed E-state index contributed by atoms with van der Waals surface area (Å²) in [5, 5.41) is 21.2. The van der Waals surface area contributed by atoms with Gasteiger partial charge in [-0.2, -0.15) is 19.0 Å². The van der Waals surface area contributed by atoms with E-state index in [0.29, 0.717) is 23.4 Å². The average molecular weight is 518 g/mol. The second kappa shape index (κ2) is 9.41. The Morgan fingerprint density at radius 2 is 2.17 bits per heavy atom. The van der Waals surface area contributed by atoms with Gasteiger partial charge < -0.3 is 20.1 Å². The van der Waals surface area contributed by atoms with Gasteiger partial charge in [0.05, 0.1) is 18.1 Å². The zero-order valence-electron chi connectivity index (χ0n) is 18.4. The summed E-state index contributed by atoms with van der Waals surface area (Å²) in [6, 6.07) is 5.07. The maximum Gasteiger partial charge on any atom is 0.387 e. The van der Waals surface area contributed by atoms with Crippen molar-refractivity contribution in [1.29, 1.82) is 0 Å². The number of rotatable bonds is 8. The third-order valence-corrected chi connectivity index (χ3v) is 5.84. The lowest BCUT2D eigenvalue weighted by atomic mass is 10.1. The van der Waals surface area contributed by atoms with Crippen molar-refractivity contribution in [3.05, 3.63) is 54.1 Å². The maximum absolute atomic E-state index is 13.1. The number of carbonyl (C=O) groups is 2. The van der Waals surface area contributed by atoms with Gasteiger partial charge in [-0.25, -0.2) is 9.50 Å². The average Bonchev–Trinajstić information content (AvgIpc) is 3.53. The molecule has 0 aliphatic carbocycles. The van der Waals surface area contributed by atoms with Crippen molar-refractivity contribution in [1.82, 2.24) is 29.3 Å². The van der Waals surface area contributed by atoms with Gasteiger partial charge in [0.15, 0.2) is 5.65 Å². The highest BCUT2D eigenvalue weighted by Crippen LogP contribution is 2.39. The van der Waals surface area contributed by atoms with Crippen LogP contribution in [0.5, 0.6) is 5.75 Å². The molecule has 0 radical (unpaired) electrons. The molecule has 5 rings (SSSR count). The third kappa shape index (κ3) is 4.52. The summed E-state index contributed by atoms with van der Waals surface area (Å²) in [5.74, 6) is -1.70.